The van der Waals surface area contributed by atoms with E-state index in [1.54, 1.807) is 13.0 Å². The van der Waals surface area contributed by atoms with Crippen molar-refractivity contribution in [2.45, 2.75) is 24.8 Å². The van der Waals surface area contributed by atoms with E-state index in [0.29, 0.717) is 12.1 Å². The molecular formula is C13H20N2O3S. The summed E-state index contributed by atoms with van der Waals surface area (Å²) in [6.07, 6.45) is 1.13. The molecule has 0 saturated carbocycles. The quantitative estimate of drug-likeness (QED) is 0.836. The highest BCUT2D eigenvalue weighted by atomic mass is 32.2. The van der Waals surface area contributed by atoms with Gasteiger partial charge >= 0.3 is 0 Å². The summed E-state index contributed by atoms with van der Waals surface area (Å²) in [5.74, 6) is -0.259. The van der Waals surface area contributed by atoms with Crippen LogP contribution in [-0.4, -0.2) is 40.2 Å². The highest BCUT2D eigenvalue weighted by Crippen LogP contribution is 2.15. The lowest BCUT2D eigenvalue weighted by Gasteiger charge is -2.13. The summed E-state index contributed by atoms with van der Waals surface area (Å²) in [6, 6.07) is 4.73. The van der Waals surface area contributed by atoms with Gasteiger partial charge in [0.2, 0.25) is 0 Å². The van der Waals surface area contributed by atoms with Gasteiger partial charge in [-0.25, -0.2) is 8.42 Å². The molecule has 0 spiro atoms. The predicted molar refractivity (Wildman–Crippen MR) is 75.1 cm³/mol. The molecule has 1 atom stereocenters. The zero-order valence-electron chi connectivity index (χ0n) is 11.6. The smallest absolute Gasteiger partial charge is 0.251 e. The van der Waals surface area contributed by atoms with Crippen molar-refractivity contribution in [3.8, 4) is 0 Å². The van der Waals surface area contributed by atoms with E-state index in [9.17, 15) is 13.2 Å². The molecule has 0 fully saturated rings. The van der Waals surface area contributed by atoms with Crippen LogP contribution in [0.25, 0.3) is 0 Å². The molecule has 106 valence electrons. The van der Waals surface area contributed by atoms with Crippen LogP contribution in [0.3, 0.4) is 0 Å². The number of benzene rings is 1. The van der Waals surface area contributed by atoms with Gasteiger partial charge in [0, 0.05) is 24.4 Å². The lowest BCUT2D eigenvalue weighted by molar-refractivity contribution is 0.0949. The van der Waals surface area contributed by atoms with E-state index < -0.39 is 9.84 Å². The fraction of sp³-hybridized carbons (Fsp3) is 0.462. The number of likely N-dealkylation sites (N-methyl/N-ethyl adjacent to an activating group) is 1. The summed E-state index contributed by atoms with van der Waals surface area (Å²) in [5.41, 5.74) is 1.15. The first kappa shape index (κ1) is 15.7. The molecule has 2 N–H and O–H groups in total. The Morgan fingerprint density at radius 2 is 2.00 bits per heavy atom. The van der Waals surface area contributed by atoms with Crippen molar-refractivity contribution < 1.29 is 13.2 Å². The molecule has 0 aliphatic rings. The van der Waals surface area contributed by atoms with Gasteiger partial charge in [0.25, 0.3) is 5.91 Å². The maximum Gasteiger partial charge on any atom is 0.251 e. The van der Waals surface area contributed by atoms with Gasteiger partial charge in [-0.3, -0.25) is 4.79 Å². The van der Waals surface area contributed by atoms with Crippen LogP contribution < -0.4 is 10.6 Å². The molecule has 19 heavy (non-hydrogen) atoms. The maximum atomic E-state index is 12.0. The standard InChI is InChI=1S/C13H20N2O3S/c1-9-5-6-11(19(4,17)18)7-12(9)13(16)15-8-10(2)14-3/h5-7,10,14H,8H2,1-4H3,(H,15,16). The molecule has 0 radical (unpaired) electrons. The van der Waals surface area contributed by atoms with Gasteiger partial charge in [0.15, 0.2) is 9.84 Å². The number of carbonyl (C=O) groups excluding carboxylic acids is 1. The van der Waals surface area contributed by atoms with Crippen molar-refractivity contribution in [2.24, 2.45) is 0 Å². The van der Waals surface area contributed by atoms with Crippen LogP contribution >= 0.6 is 0 Å². The minimum Gasteiger partial charge on any atom is -0.350 e. The van der Waals surface area contributed by atoms with Crippen molar-refractivity contribution in [1.82, 2.24) is 10.6 Å². The van der Waals surface area contributed by atoms with Gasteiger partial charge in [-0.15, -0.1) is 0 Å². The average Bonchev–Trinajstić information content (AvgIpc) is 2.34. The summed E-state index contributed by atoms with van der Waals surface area (Å²) in [5, 5.41) is 5.78. The Labute approximate surface area is 114 Å². The summed E-state index contributed by atoms with van der Waals surface area (Å²) in [6.45, 7) is 4.21. The van der Waals surface area contributed by atoms with E-state index in [1.807, 2.05) is 14.0 Å². The zero-order valence-corrected chi connectivity index (χ0v) is 12.5. The van der Waals surface area contributed by atoms with E-state index in [2.05, 4.69) is 10.6 Å². The Morgan fingerprint density at radius 1 is 1.37 bits per heavy atom. The number of carbonyl (C=O) groups is 1. The third-order valence-electron chi connectivity index (χ3n) is 2.94. The van der Waals surface area contributed by atoms with E-state index in [-0.39, 0.29) is 16.8 Å². The third-order valence-corrected chi connectivity index (χ3v) is 4.05. The monoisotopic (exact) mass is 284 g/mol. The number of aryl methyl sites for hydroxylation is 1. The molecule has 0 aliphatic heterocycles. The molecule has 1 amide bonds. The second-order valence-electron chi connectivity index (χ2n) is 4.65. The van der Waals surface area contributed by atoms with Crippen LogP contribution in [0.2, 0.25) is 0 Å². The van der Waals surface area contributed by atoms with E-state index in [4.69, 9.17) is 0 Å². The molecular weight excluding hydrogens is 264 g/mol. The van der Waals surface area contributed by atoms with Gasteiger partial charge in [0.1, 0.15) is 0 Å². The van der Waals surface area contributed by atoms with Crippen molar-refractivity contribution in [2.75, 3.05) is 19.8 Å². The van der Waals surface area contributed by atoms with Crippen molar-refractivity contribution in [3.05, 3.63) is 29.3 Å². The predicted octanol–water partition coefficient (Wildman–Crippen LogP) is 0.736. The van der Waals surface area contributed by atoms with Gasteiger partial charge in [0.05, 0.1) is 4.90 Å². The molecule has 0 saturated heterocycles. The number of hydrogen-bond donors (Lipinski definition) is 2. The van der Waals surface area contributed by atoms with Crippen LogP contribution in [0, 0.1) is 6.92 Å². The molecule has 0 aromatic heterocycles. The first-order chi connectivity index (χ1) is 8.75. The van der Waals surface area contributed by atoms with E-state index in [1.165, 1.54) is 12.1 Å². The van der Waals surface area contributed by atoms with E-state index in [0.717, 1.165) is 11.8 Å². The molecule has 1 aromatic carbocycles. The highest BCUT2D eigenvalue weighted by molar-refractivity contribution is 7.90. The number of nitrogens with one attached hydrogen (secondary N) is 2. The molecule has 0 bridgehead atoms. The Hall–Kier alpha value is -1.40. The molecule has 1 rings (SSSR count). The first-order valence-electron chi connectivity index (χ1n) is 6.02. The Bertz CT molecular complexity index is 567. The van der Waals surface area contributed by atoms with Crippen LogP contribution in [-0.2, 0) is 9.84 Å². The summed E-state index contributed by atoms with van der Waals surface area (Å²) in [4.78, 5) is 12.2. The van der Waals surface area contributed by atoms with Crippen molar-refractivity contribution in [3.63, 3.8) is 0 Å². The largest absolute Gasteiger partial charge is 0.350 e. The van der Waals surface area contributed by atoms with Crippen molar-refractivity contribution >= 4 is 15.7 Å². The maximum absolute atomic E-state index is 12.0. The molecule has 6 heteroatoms. The Kier molecular flexibility index (Phi) is 5.08. The zero-order chi connectivity index (χ0) is 14.6. The number of rotatable bonds is 5. The van der Waals surface area contributed by atoms with Crippen LogP contribution in [0.15, 0.2) is 23.1 Å². The fourth-order valence-electron chi connectivity index (χ4n) is 1.52. The van der Waals surface area contributed by atoms with Crippen LogP contribution in [0.4, 0.5) is 0 Å². The lowest BCUT2D eigenvalue weighted by atomic mass is 10.1. The number of sulfone groups is 1. The minimum absolute atomic E-state index is 0.155. The molecule has 0 heterocycles. The summed E-state index contributed by atoms with van der Waals surface area (Å²) in [7, 11) is -1.49. The number of hydrogen-bond acceptors (Lipinski definition) is 4. The lowest BCUT2D eigenvalue weighted by Crippen LogP contribution is -2.37. The SMILES string of the molecule is CNC(C)CNC(=O)c1cc(S(C)(=O)=O)ccc1C. The highest BCUT2D eigenvalue weighted by Gasteiger charge is 2.14. The topological polar surface area (TPSA) is 75.3 Å². The average molecular weight is 284 g/mol. The third kappa shape index (κ3) is 4.33. The van der Waals surface area contributed by atoms with Crippen molar-refractivity contribution in [1.29, 1.82) is 0 Å². The normalized spacial score (nSPS) is 13.1. The van der Waals surface area contributed by atoms with Gasteiger partial charge < -0.3 is 10.6 Å². The number of amides is 1. The first-order valence-corrected chi connectivity index (χ1v) is 7.91. The van der Waals surface area contributed by atoms with Gasteiger partial charge in [-0.2, -0.15) is 0 Å². The molecule has 0 aliphatic carbocycles. The molecule has 1 aromatic rings. The fourth-order valence-corrected chi connectivity index (χ4v) is 2.17. The second-order valence-corrected chi connectivity index (χ2v) is 6.66. The van der Waals surface area contributed by atoms with Crippen LogP contribution in [0.1, 0.15) is 22.8 Å². The molecule has 1 unspecified atom stereocenters. The Balaban J connectivity index is 2.96. The second kappa shape index (κ2) is 6.16. The van der Waals surface area contributed by atoms with E-state index >= 15 is 0 Å². The summed E-state index contributed by atoms with van der Waals surface area (Å²) < 4.78 is 23.0. The Morgan fingerprint density at radius 3 is 2.53 bits per heavy atom. The summed E-state index contributed by atoms with van der Waals surface area (Å²) >= 11 is 0. The van der Waals surface area contributed by atoms with Gasteiger partial charge in [-0.05, 0) is 38.6 Å². The van der Waals surface area contributed by atoms with Crippen LogP contribution in [0.5, 0.6) is 0 Å². The molecule has 5 nitrogen and oxygen atoms in total. The van der Waals surface area contributed by atoms with Gasteiger partial charge in [-0.1, -0.05) is 6.07 Å². The minimum atomic E-state index is -3.30.